The molecule has 0 heterocycles. The molecular formula is C15H15BrN2O3. The molecule has 0 amide bonds. The van der Waals surface area contributed by atoms with Crippen molar-refractivity contribution in [1.82, 2.24) is 5.32 Å². The van der Waals surface area contributed by atoms with Gasteiger partial charge in [-0.3, -0.25) is 10.1 Å². The molecule has 0 radical (unpaired) electrons. The number of nitro groups is 1. The Morgan fingerprint density at radius 3 is 2.57 bits per heavy atom. The van der Waals surface area contributed by atoms with Gasteiger partial charge in [0.1, 0.15) is 0 Å². The van der Waals surface area contributed by atoms with Crippen LogP contribution in [-0.2, 0) is 19.7 Å². The number of nitro benzene ring substituents is 1. The average Bonchev–Trinajstić information content (AvgIpc) is 2.49. The Balaban J connectivity index is 2.00. The second-order valence-corrected chi connectivity index (χ2v) is 5.38. The molecule has 2 rings (SSSR count). The third-order valence-corrected chi connectivity index (χ3v) is 3.99. The lowest BCUT2D eigenvalue weighted by molar-refractivity contribution is -0.385. The first-order valence-corrected chi connectivity index (χ1v) is 7.22. The van der Waals surface area contributed by atoms with Gasteiger partial charge in [-0.2, -0.15) is 0 Å². The molecule has 0 fully saturated rings. The first-order chi connectivity index (χ1) is 10.1. The van der Waals surface area contributed by atoms with Crippen LogP contribution in [0.2, 0.25) is 0 Å². The summed E-state index contributed by atoms with van der Waals surface area (Å²) in [5.74, 6) is 0. The Morgan fingerprint density at radius 2 is 1.86 bits per heavy atom. The van der Waals surface area contributed by atoms with Crippen LogP contribution in [0.5, 0.6) is 0 Å². The van der Waals surface area contributed by atoms with Crippen LogP contribution in [0, 0.1) is 10.1 Å². The number of nitrogens with one attached hydrogen (secondary N) is 1. The average molecular weight is 351 g/mol. The lowest BCUT2D eigenvalue weighted by Gasteiger charge is -2.08. The minimum Gasteiger partial charge on any atom is -0.392 e. The monoisotopic (exact) mass is 350 g/mol. The summed E-state index contributed by atoms with van der Waals surface area (Å²) in [4.78, 5) is 10.5. The molecule has 0 aliphatic heterocycles. The van der Waals surface area contributed by atoms with Crippen molar-refractivity contribution in [3.8, 4) is 0 Å². The van der Waals surface area contributed by atoms with E-state index in [1.807, 2.05) is 30.3 Å². The number of benzene rings is 2. The van der Waals surface area contributed by atoms with Gasteiger partial charge in [-0.15, -0.1) is 0 Å². The number of aliphatic hydroxyl groups excluding tert-OH is 1. The van der Waals surface area contributed by atoms with Gasteiger partial charge in [0, 0.05) is 19.2 Å². The van der Waals surface area contributed by atoms with E-state index < -0.39 is 4.92 Å². The molecule has 0 aromatic heterocycles. The molecule has 2 N–H and O–H groups in total. The van der Waals surface area contributed by atoms with Crippen molar-refractivity contribution in [3.63, 3.8) is 0 Å². The van der Waals surface area contributed by atoms with Gasteiger partial charge in [0.05, 0.1) is 16.0 Å². The predicted octanol–water partition coefficient (Wildman–Crippen LogP) is 3.14. The molecule has 21 heavy (non-hydrogen) atoms. The van der Waals surface area contributed by atoms with Crippen LogP contribution in [0.4, 0.5) is 5.69 Å². The van der Waals surface area contributed by atoms with Gasteiger partial charge in [-0.1, -0.05) is 36.4 Å². The van der Waals surface area contributed by atoms with Crippen molar-refractivity contribution in [2.45, 2.75) is 19.7 Å². The zero-order valence-electron chi connectivity index (χ0n) is 11.3. The van der Waals surface area contributed by atoms with Gasteiger partial charge in [0.15, 0.2) is 0 Å². The maximum Gasteiger partial charge on any atom is 0.283 e. The summed E-state index contributed by atoms with van der Waals surface area (Å²) in [6, 6.07) is 12.6. The highest BCUT2D eigenvalue weighted by molar-refractivity contribution is 9.10. The van der Waals surface area contributed by atoms with E-state index in [0.717, 1.165) is 16.7 Å². The Labute approximate surface area is 130 Å². The van der Waals surface area contributed by atoms with Crippen LogP contribution < -0.4 is 5.32 Å². The van der Waals surface area contributed by atoms with Crippen molar-refractivity contribution < 1.29 is 10.0 Å². The molecule has 6 heteroatoms. The van der Waals surface area contributed by atoms with Crippen LogP contribution in [0.3, 0.4) is 0 Å². The van der Waals surface area contributed by atoms with Crippen LogP contribution in [0.15, 0.2) is 46.9 Å². The Morgan fingerprint density at radius 1 is 1.14 bits per heavy atom. The van der Waals surface area contributed by atoms with Gasteiger partial charge >= 0.3 is 0 Å². The van der Waals surface area contributed by atoms with E-state index in [2.05, 4.69) is 21.2 Å². The molecule has 0 unspecified atom stereocenters. The molecule has 0 spiro atoms. The van der Waals surface area contributed by atoms with Crippen molar-refractivity contribution >= 4 is 21.6 Å². The molecule has 0 saturated heterocycles. The smallest absolute Gasteiger partial charge is 0.283 e. The maximum atomic E-state index is 10.9. The van der Waals surface area contributed by atoms with E-state index in [1.165, 1.54) is 6.07 Å². The molecule has 0 saturated carbocycles. The molecule has 0 aliphatic rings. The van der Waals surface area contributed by atoms with Crippen LogP contribution >= 0.6 is 15.9 Å². The summed E-state index contributed by atoms with van der Waals surface area (Å²) >= 11 is 3.28. The normalized spacial score (nSPS) is 10.6. The van der Waals surface area contributed by atoms with Gasteiger partial charge in [-0.25, -0.2) is 0 Å². The number of aliphatic hydroxyl groups is 1. The fourth-order valence-electron chi connectivity index (χ4n) is 2.02. The molecule has 2 aromatic rings. The van der Waals surface area contributed by atoms with Gasteiger partial charge in [0.2, 0.25) is 0 Å². The minimum atomic E-state index is -0.404. The summed E-state index contributed by atoms with van der Waals surface area (Å²) in [7, 11) is 0. The molecule has 0 aliphatic carbocycles. The van der Waals surface area contributed by atoms with Crippen LogP contribution in [0.25, 0.3) is 0 Å². The highest BCUT2D eigenvalue weighted by Gasteiger charge is 2.14. The first kappa shape index (κ1) is 15.6. The summed E-state index contributed by atoms with van der Waals surface area (Å²) < 4.78 is 0.506. The maximum absolute atomic E-state index is 10.9. The fourth-order valence-corrected chi connectivity index (χ4v) is 2.57. The number of halogens is 1. The first-order valence-electron chi connectivity index (χ1n) is 6.43. The number of hydrogen-bond acceptors (Lipinski definition) is 4. The van der Waals surface area contributed by atoms with E-state index in [-0.39, 0.29) is 12.3 Å². The second-order valence-electron chi connectivity index (χ2n) is 4.59. The SMILES string of the molecule is O=[N+]([O-])c1cccc(CNCc2cccc(CO)c2)c1Br. The largest absolute Gasteiger partial charge is 0.392 e. The standard InChI is InChI=1S/C15H15BrN2O3/c16-15-13(5-2-6-14(15)18(20)21)9-17-8-11-3-1-4-12(7-11)10-19/h1-7,17,19H,8-10H2. The summed E-state index contributed by atoms with van der Waals surface area (Å²) in [6.07, 6.45) is 0. The Hall–Kier alpha value is -1.76. The van der Waals surface area contributed by atoms with Crippen molar-refractivity contribution in [2.75, 3.05) is 0 Å². The van der Waals surface area contributed by atoms with Crippen molar-refractivity contribution in [1.29, 1.82) is 0 Å². The molecule has 2 aromatic carbocycles. The lowest BCUT2D eigenvalue weighted by atomic mass is 10.1. The zero-order chi connectivity index (χ0) is 15.2. The highest BCUT2D eigenvalue weighted by Crippen LogP contribution is 2.28. The molecular weight excluding hydrogens is 336 g/mol. The minimum absolute atomic E-state index is 0.0181. The predicted molar refractivity (Wildman–Crippen MR) is 83.7 cm³/mol. The third kappa shape index (κ3) is 4.10. The summed E-state index contributed by atoms with van der Waals surface area (Å²) in [5.41, 5.74) is 2.83. The molecule has 0 bridgehead atoms. The highest BCUT2D eigenvalue weighted by atomic mass is 79.9. The number of rotatable bonds is 6. The summed E-state index contributed by atoms with van der Waals surface area (Å²) in [6.45, 7) is 1.17. The van der Waals surface area contributed by atoms with E-state index in [9.17, 15) is 10.1 Å². The van der Waals surface area contributed by atoms with Gasteiger partial charge in [0.25, 0.3) is 5.69 Å². The quantitative estimate of drug-likeness (QED) is 0.619. The number of nitrogens with zero attached hydrogens (tertiary/aromatic N) is 1. The number of hydrogen-bond donors (Lipinski definition) is 2. The fraction of sp³-hybridized carbons (Fsp3) is 0.200. The van der Waals surface area contributed by atoms with E-state index >= 15 is 0 Å². The molecule has 0 atom stereocenters. The molecule has 110 valence electrons. The Bertz CT molecular complexity index is 647. The van der Waals surface area contributed by atoms with E-state index in [1.54, 1.807) is 6.07 Å². The third-order valence-electron chi connectivity index (χ3n) is 3.07. The van der Waals surface area contributed by atoms with Crippen LogP contribution in [-0.4, -0.2) is 10.0 Å². The van der Waals surface area contributed by atoms with Gasteiger partial charge in [-0.05, 0) is 32.6 Å². The van der Waals surface area contributed by atoms with E-state index in [0.29, 0.717) is 17.6 Å². The second kappa shape index (κ2) is 7.31. The van der Waals surface area contributed by atoms with Crippen molar-refractivity contribution in [2.24, 2.45) is 0 Å². The van der Waals surface area contributed by atoms with Gasteiger partial charge < -0.3 is 10.4 Å². The summed E-state index contributed by atoms with van der Waals surface area (Å²) in [5, 5.41) is 23.2. The molecule has 5 nitrogen and oxygen atoms in total. The Kier molecular flexibility index (Phi) is 5.44. The van der Waals surface area contributed by atoms with Crippen molar-refractivity contribution in [3.05, 3.63) is 73.7 Å². The zero-order valence-corrected chi connectivity index (χ0v) is 12.8. The van der Waals surface area contributed by atoms with Crippen LogP contribution in [0.1, 0.15) is 16.7 Å². The topological polar surface area (TPSA) is 75.4 Å². The lowest BCUT2D eigenvalue weighted by Crippen LogP contribution is -2.13. The van der Waals surface area contributed by atoms with E-state index in [4.69, 9.17) is 5.11 Å².